The highest BCUT2D eigenvalue weighted by Crippen LogP contribution is 2.33. The number of pyridine rings is 1. The van der Waals surface area contributed by atoms with Gasteiger partial charge in [0.05, 0.1) is 5.52 Å². The van der Waals surface area contributed by atoms with E-state index < -0.39 is 0 Å². The van der Waals surface area contributed by atoms with Crippen LogP contribution in [-0.2, 0) is 5.75 Å². The molecule has 1 aliphatic rings. The molecule has 1 saturated carbocycles. The van der Waals surface area contributed by atoms with Crippen molar-refractivity contribution in [1.29, 1.82) is 0 Å². The molecule has 0 aliphatic heterocycles. The summed E-state index contributed by atoms with van der Waals surface area (Å²) < 4.78 is 0. The maximum Gasteiger partial charge on any atom is 0.130 e. The van der Waals surface area contributed by atoms with Crippen LogP contribution in [0.2, 0.25) is 0 Å². The molecule has 1 aliphatic carbocycles. The first-order valence-corrected chi connectivity index (χ1v) is 8.10. The van der Waals surface area contributed by atoms with Crippen LogP contribution in [0.15, 0.2) is 30.3 Å². The molecule has 0 unspecified atom stereocenters. The molecule has 2 nitrogen and oxygen atoms in total. The summed E-state index contributed by atoms with van der Waals surface area (Å²) in [5.41, 5.74) is 2.40. The normalized spacial score (nSPS) is 16.1. The zero-order valence-corrected chi connectivity index (χ0v) is 12.2. The summed E-state index contributed by atoms with van der Waals surface area (Å²) in [5.74, 6) is 2.10. The molecular weight excluding hydrogens is 252 g/mol. The van der Waals surface area contributed by atoms with E-state index in [-0.39, 0.29) is 0 Å². The SMILES string of the molecule is CNc1nc2ccccc2cc1CSC1CCCC1. The largest absolute Gasteiger partial charge is 0.373 e. The molecule has 2 aromatic rings. The van der Waals surface area contributed by atoms with Crippen LogP contribution in [0, 0.1) is 0 Å². The molecule has 3 heteroatoms. The first-order chi connectivity index (χ1) is 9.36. The lowest BCUT2D eigenvalue weighted by Gasteiger charge is -2.12. The Morgan fingerprint density at radius 1 is 1.26 bits per heavy atom. The second-order valence-corrected chi connectivity index (χ2v) is 6.44. The van der Waals surface area contributed by atoms with Gasteiger partial charge in [0.25, 0.3) is 0 Å². The van der Waals surface area contributed by atoms with Gasteiger partial charge in [-0.3, -0.25) is 0 Å². The summed E-state index contributed by atoms with van der Waals surface area (Å²) >= 11 is 2.10. The van der Waals surface area contributed by atoms with Gasteiger partial charge < -0.3 is 5.32 Å². The van der Waals surface area contributed by atoms with Crippen molar-refractivity contribution in [3.8, 4) is 0 Å². The van der Waals surface area contributed by atoms with Crippen LogP contribution in [0.4, 0.5) is 5.82 Å². The lowest BCUT2D eigenvalue weighted by atomic mass is 10.1. The summed E-state index contributed by atoms with van der Waals surface area (Å²) in [6.45, 7) is 0. The van der Waals surface area contributed by atoms with E-state index in [1.54, 1.807) is 0 Å². The Hall–Kier alpha value is -1.22. The standard InChI is InChI=1S/C16H20N2S/c1-17-16-13(11-19-14-7-3-4-8-14)10-12-6-2-5-9-15(12)18-16/h2,5-6,9-10,14H,3-4,7-8,11H2,1H3,(H,17,18). The van der Waals surface area contributed by atoms with Gasteiger partial charge in [0.2, 0.25) is 0 Å². The molecule has 100 valence electrons. The number of hydrogen-bond donors (Lipinski definition) is 1. The number of fused-ring (bicyclic) bond motifs is 1. The van der Waals surface area contributed by atoms with Gasteiger partial charge >= 0.3 is 0 Å². The quantitative estimate of drug-likeness (QED) is 0.890. The lowest BCUT2D eigenvalue weighted by molar-refractivity contribution is 0.886. The third kappa shape index (κ3) is 2.86. The van der Waals surface area contributed by atoms with Gasteiger partial charge in [-0.05, 0) is 25.0 Å². The molecule has 1 aromatic heterocycles. The molecule has 3 rings (SSSR count). The van der Waals surface area contributed by atoms with E-state index in [2.05, 4.69) is 41.3 Å². The van der Waals surface area contributed by atoms with E-state index in [1.807, 2.05) is 13.1 Å². The fourth-order valence-corrected chi connectivity index (χ4v) is 4.05. The van der Waals surface area contributed by atoms with Crippen molar-refractivity contribution in [2.75, 3.05) is 12.4 Å². The smallest absolute Gasteiger partial charge is 0.130 e. The molecule has 1 fully saturated rings. The van der Waals surface area contributed by atoms with E-state index in [4.69, 9.17) is 4.98 Å². The Bertz CT molecular complexity index is 562. The van der Waals surface area contributed by atoms with Gasteiger partial charge in [-0.15, -0.1) is 0 Å². The molecule has 1 N–H and O–H groups in total. The number of aromatic nitrogens is 1. The predicted octanol–water partition coefficient (Wildman–Crippen LogP) is 4.45. The van der Waals surface area contributed by atoms with Crippen LogP contribution in [0.1, 0.15) is 31.2 Å². The topological polar surface area (TPSA) is 24.9 Å². The highest BCUT2D eigenvalue weighted by atomic mass is 32.2. The van der Waals surface area contributed by atoms with E-state index in [0.29, 0.717) is 0 Å². The van der Waals surface area contributed by atoms with Gasteiger partial charge in [-0.2, -0.15) is 11.8 Å². The van der Waals surface area contributed by atoms with Crippen molar-refractivity contribution < 1.29 is 0 Å². The van der Waals surface area contributed by atoms with Crippen LogP contribution in [-0.4, -0.2) is 17.3 Å². The molecule has 0 saturated heterocycles. The number of anilines is 1. The number of thioether (sulfide) groups is 1. The first-order valence-electron chi connectivity index (χ1n) is 7.05. The summed E-state index contributed by atoms with van der Waals surface area (Å²) in [5, 5.41) is 5.34. The molecular formula is C16H20N2S. The van der Waals surface area contributed by atoms with Crippen molar-refractivity contribution >= 4 is 28.5 Å². The summed E-state index contributed by atoms with van der Waals surface area (Å²) in [4.78, 5) is 4.71. The van der Waals surface area contributed by atoms with Gasteiger partial charge in [-0.1, -0.05) is 31.0 Å². The van der Waals surface area contributed by atoms with E-state index in [0.717, 1.165) is 22.3 Å². The molecule has 0 radical (unpaired) electrons. The second kappa shape index (κ2) is 5.83. The number of para-hydroxylation sites is 1. The van der Waals surface area contributed by atoms with Crippen molar-refractivity contribution in [2.45, 2.75) is 36.7 Å². The zero-order chi connectivity index (χ0) is 13.1. The highest BCUT2D eigenvalue weighted by molar-refractivity contribution is 7.99. The van der Waals surface area contributed by atoms with Gasteiger partial charge in [-0.25, -0.2) is 4.98 Å². The number of nitrogens with zero attached hydrogens (tertiary/aromatic N) is 1. The maximum absolute atomic E-state index is 4.71. The molecule has 1 aromatic carbocycles. The fourth-order valence-electron chi connectivity index (χ4n) is 2.75. The minimum absolute atomic E-state index is 0.858. The number of nitrogens with one attached hydrogen (secondary N) is 1. The molecule has 19 heavy (non-hydrogen) atoms. The van der Waals surface area contributed by atoms with Gasteiger partial charge in [0.1, 0.15) is 5.82 Å². The number of rotatable bonds is 4. The summed E-state index contributed by atoms with van der Waals surface area (Å²) in [6.07, 6.45) is 5.60. The Balaban J connectivity index is 1.83. The van der Waals surface area contributed by atoms with Crippen molar-refractivity contribution in [3.63, 3.8) is 0 Å². The second-order valence-electron chi connectivity index (χ2n) is 5.16. The minimum atomic E-state index is 0.858. The van der Waals surface area contributed by atoms with Crippen molar-refractivity contribution in [1.82, 2.24) is 4.98 Å². The van der Waals surface area contributed by atoms with Gasteiger partial charge in [0.15, 0.2) is 0 Å². The summed E-state index contributed by atoms with van der Waals surface area (Å²) in [6, 6.07) is 10.6. The lowest BCUT2D eigenvalue weighted by Crippen LogP contribution is -2.01. The zero-order valence-electron chi connectivity index (χ0n) is 11.4. The molecule has 0 atom stereocenters. The molecule has 0 bridgehead atoms. The van der Waals surface area contributed by atoms with E-state index >= 15 is 0 Å². The molecule has 0 amide bonds. The van der Waals surface area contributed by atoms with Crippen LogP contribution in [0.25, 0.3) is 10.9 Å². The van der Waals surface area contributed by atoms with Gasteiger partial charge in [0, 0.05) is 29.0 Å². The minimum Gasteiger partial charge on any atom is -0.373 e. The number of hydrogen-bond acceptors (Lipinski definition) is 3. The van der Waals surface area contributed by atoms with Crippen LogP contribution in [0.3, 0.4) is 0 Å². The third-order valence-electron chi connectivity index (χ3n) is 3.82. The van der Waals surface area contributed by atoms with E-state index in [9.17, 15) is 0 Å². The Labute approximate surface area is 119 Å². The summed E-state index contributed by atoms with van der Waals surface area (Å²) in [7, 11) is 1.96. The van der Waals surface area contributed by atoms with Crippen molar-refractivity contribution in [3.05, 3.63) is 35.9 Å². The van der Waals surface area contributed by atoms with Crippen LogP contribution >= 0.6 is 11.8 Å². The Morgan fingerprint density at radius 2 is 2.05 bits per heavy atom. The molecule has 0 spiro atoms. The number of benzene rings is 1. The third-order valence-corrected chi connectivity index (χ3v) is 5.24. The first kappa shape index (κ1) is 12.8. The Morgan fingerprint density at radius 3 is 2.84 bits per heavy atom. The Kier molecular flexibility index (Phi) is 3.92. The van der Waals surface area contributed by atoms with Crippen LogP contribution in [0.5, 0.6) is 0 Å². The van der Waals surface area contributed by atoms with E-state index in [1.165, 1.54) is 36.6 Å². The fraction of sp³-hybridized carbons (Fsp3) is 0.438. The monoisotopic (exact) mass is 272 g/mol. The average Bonchev–Trinajstić information content (AvgIpc) is 2.97. The van der Waals surface area contributed by atoms with Crippen LogP contribution < -0.4 is 5.32 Å². The maximum atomic E-state index is 4.71. The predicted molar refractivity (Wildman–Crippen MR) is 84.8 cm³/mol. The average molecular weight is 272 g/mol. The highest BCUT2D eigenvalue weighted by Gasteiger charge is 2.16. The van der Waals surface area contributed by atoms with Crippen molar-refractivity contribution in [2.24, 2.45) is 0 Å². The molecule has 1 heterocycles.